The molecule has 11 atom stereocenters. The Hall–Kier alpha value is -4.67. The van der Waals surface area contributed by atoms with E-state index >= 15 is 0 Å². The summed E-state index contributed by atoms with van der Waals surface area (Å²) in [6.45, 7) is 8.89. The molecule has 3 fully saturated rings. The molecule has 15 nitrogen and oxygen atoms in total. The number of rotatable bonds is 11. The minimum atomic E-state index is -2.35. The molecule has 5 N–H and O–H groups in total. The minimum Gasteiger partial charge on any atom is -0.456 e. The van der Waals surface area contributed by atoms with Crippen LogP contribution in [0.4, 0.5) is 4.79 Å². The van der Waals surface area contributed by atoms with Gasteiger partial charge in [-0.15, -0.1) is 0 Å². The van der Waals surface area contributed by atoms with Crippen molar-refractivity contribution in [3.8, 4) is 0 Å². The van der Waals surface area contributed by atoms with Gasteiger partial charge in [0.25, 0.3) is 0 Å². The Morgan fingerprint density at radius 1 is 0.983 bits per heavy atom. The molecule has 0 radical (unpaired) electrons. The molecule has 1 amide bonds. The predicted octanol–water partition coefficient (Wildman–Crippen LogP) is 3.26. The number of aliphatic hydroxyl groups excluding tert-OH is 3. The molecule has 6 rings (SSSR count). The van der Waals surface area contributed by atoms with E-state index in [2.05, 4.69) is 5.32 Å². The van der Waals surface area contributed by atoms with Crippen LogP contribution >= 0.6 is 0 Å². The maximum atomic E-state index is 14.9. The number of amides is 1. The number of carbonyl (C=O) groups is 5. The van der Waals surface area contributed by atoms with E-state index in [1.807, 2.05) is 6.92 Å². The third-order valence-corrected chi connectivity index (χ3v) is 12.9. The van der Waals surface area contributed by atoms with Gasteiger partial charge in [0.2, 0.25) is 0 Å². The second-order valence-electron chi connectivity index (χ2n) is 16.6. The highest BCUT2D eigenvalue weighted by Gasteiger charge is 2.78. The zero-order chi connectivity index (χ0) is 42.4. The number of ether oxygens (including phenoxy) is 5. The first kappa shape index (κ1) is 42.9. The average molecular weight is 808 g/mol. The van der Waals surface area contributed by atoms with Crippen molar-refractivity contribution in [2.45, 2.75) is 121 Å². The van der Waals surface area contributed by atoms with Crippen molar-refractivity contribution in [1.82, 2.24) is 5.32 Å². The Balaban J connectivity index is 1.47. The molecule has 0 aromatic heterocycles. The summed E-state index contributed by atoms with van der Waals surface area (Å²) < 4.78 is 29.4. The van der Waals surface area contributed by atoms with Gasteiger partial charge < -0.3 is 49.4 Å². The van der Waals surface area contributed by atoms with Gasteiger partial charge in [0, 0.05) is 25.2 Å². The van der Waals surface area contributed by atoms with E-state index in [0.29, 0.717) is 12.0 Å². The lowest BCUT2D eigenvalue weighted by Crippen LogP contribution is -2.81. The van der Waals surface area contributed by atoms with E-state index in [9.17, 15) is 44.4 Å². The monoisotopic (exact) mass is 807 g/mol. The average Bonchev–Trinajstić information content (AvgIpc) is 3.18. The van der Waals surface area contributed by atoms with E-state index in [1.54, 1.807) is 62.4 Å². The summed E-state index contributed by atoms with van der Waals surface area (Å²) >= 11 is 0. The Morgan fingerprint density at radius 3 is 2.21 bits per heavy atom. The van der Waals surface area contributed by atoms with Crippen LogP contribution in [-0.2, 0) is 38.1 Å². The summed E-state index contributed by atoms with van der Waals surface area (Å²) in [4.78, 5) is 68.7. The van der Waals surface area contributed by atoms with Crippen molar-refractivity contribution >= 4 is 29.8 Å². The van der Waals surface area contributed by atoms with Crippen LogP contribution in [0.3, 0.4) is 0 Å². The minimum absolute atomic E-state index is 0.0584. The standard InChI is InChI=1S/C43H53NO14/c1-7-8-19-54-39(52)44-31(25-15-11-9-12-16-25)33(48)38(51)56-27-21-43(53)36(57-37(50)26-17-13-10-14-18-26)34-41(6,35(49)32(47)30(23(27)2)40(43,4)5)28(46)20-29-42(34,22-55-29)58-24(3)45/h9-18,27-29,31-34,36,46-48,53H,7-8,19-22H2,1-6H3,(H,44,52)/t27-,28-,29+,31-,32+,33+,34-,36-,41+,42-,43+/m0/s1. The first-order valence-corrected chi connectivity index (χ1v) is 19.6. The van der Waals surface area contributed by atoms with Gasteiger partial charge in [-0.25, -0.2) is 14.4 Å². The number of hydrogen-bond acceptors (Lipinski definition) is 14. The number of Topliss-reactive ketones (excluding diaryl/α,β-unsaturated/α-hetero) is 1. The molecule has 1 aliphatic heterocycles. The van der Waals surface area contributed by atoms with Crippen molar-refractivity contribution in [3.63, 3.8) is 0 Å². The molecular formula is C43H53NO14. The molecule has 58 heavy (non-hydrogen) atoms. The first-order valence-electron chi connectivity index (χ1n) is 19.6. The summed E-state index contributed by atoms with van der Waals surface area (Å²) in [5, 5.41) is 51.5. The number of unbranched alkanes of at least 4 members (excludes halogenated alkanes) is 1. The van der Waals surface area contributed by atoms with Crippen molar-refractivity contribution in [2.24, 2.45) is 16.7 Å². The molecule has 2 saturated carbocycles. The number of alkyl carbamates (subject to hydrolysis) is 1. The second-order valence-corrected chi connectivity index (χ2v) is 16.6. The molecule has 314 valence electrons. The maximum absolute atomic E-state index is 14.9. The fourth-order valence-corrected chi connectivity index (χ4v) is 9.60. The number of carbonyl (C=O) groups excluding carboxylic acids is 5. The smallest absolute Gasteiger partial charge is 0.407 e. The summed E-state index contributed by atoms with van der Waals surface area (Å²) in [5.41, 5.74) is -7.17. The molecule has 2 aromatic rings. The number of ketones is 1. The molecule has 0 unspecified atom stereocenters. The van der Waals surface area contributed by atoms with Gasteiger partial charge in [0.05, 0.1) is 42.3 Å². The number of aliphatic hydroxyl groups is 4. The Bertz CT molecular complexity index is 1930. The van der Waals surface area contributed by atoms with Gasteiger partial charge in [-0.1, -0.05) is 75.7 Å². The normalized spacial score (nSPS) is 33.4. The van der Waals surface area contributed by atoms with Crippen molar-refractivity contribution < 1.29 is 68.1 Å². The number of esters is 3. The van der Waals surface area contributed by atoms with Crippen LogP contribution in [-0.4, -0.2) is 111 Å². The van der Waals surface area contributed by atoms with Gasteiger partial charge in [-0.05, 0) is 49.1 Å². The van der Waals surface area contributed by atoms with Crippen LogP contribution in [0.25, 0.3) is 0 Å². The summed E-state index contributed by atoms with van der Waals surface area (Å²) in [6.07, 6.45) is -10.0. The fourth-order valence-electron chi connectivity index (χ4n) is 9.60. The second kappa shape index (κ2) is 16.2. The lowest BCUT2D eigenvalue weighted by Gasteiger charge is -2.67. The van der Waals surface area contributed by atoms with Crippen LogP contribution in [0, 0.1) is 16.7 Å². The van der Waals surface area contributed by atoms with Gasteiger partial charge in [0.15, 0.2) is 17.5 Å². The number of fused-ring (bicyclic) bond motifs is 5. The first-order chi connectivity index (χ1) is 27.3. The molecule has 1 heterocycles. The predicted molar refractivity (Wildman–Crippen MR) is 204 cm³/mol. The zero-order valence-corrected chi connectivity index (χ0v) is 33.5. The summed E-state index contributed by atoms with van der Waals surface area (Å²) in [7, 11) is 0. The van der Waals surface area contributed by atoms with E-state index in [1.165, 1.54) is 26.0 Å². The van der Waals surface area contributed by atoms with Crippen LogP contribution in [0.5, 0.6) is 0 Å². The summed E-state index contributed by atoms with van der Waals surface area (Å²) in [5.74, 6) is -5.34. The van der Waals surface area contributed by atoms with Gasteiger partial charge in [-0.2, -0.15) is 0 Å². The van der Waals surface area contributed by atoms with Gasteiger partial charge >= 0.3 is 24.0 Å². The van der Waals surface area contributed by atoms with Crippen LogP contribution in [0.1, 0.15) is 89.2 Å². The molecule has 15 heteroatoms. The van der Waals surface area contributed by atoms with E-state index in [-0.39, 0.29) is 36.3 Å². The number of hydrogen-bond donors (Lipinski definition) is 5. The van der Waals surface area contributed by atoms with Gasteiger partial charge in [0.1, 0.15) is 30.0 Å². The van der Waals surface area contributed by atoms with Crippen LogP contribution in [0.2, 0.25) is 0 Å². The lowest BCUT2D eigenvalue weighted by molar-refractivity contribution is -0.346. The quantitative estimate of drug-likeness (QED) is 0.0952. The highest BCUT2D eigenvalue weighted by Crippen LogP contribution is 2.64. The highest BCUT2D eigenvalue weighted by molar-refractivity contribution is 5.94. The van der Waals surface area contributed by atoms with Gasteiger partial charge in [-0.3, -0.25) is 9.59 Å². The molecule has 1 saturated heterocycles. The van der Waals surface area contributed by atoms with E-state index < -0.39 is 107 Å². The topological polar surface area (TPSA) is 224 Å². The van der Waals surface area contributed by atoms with E-state index in [0.717, 1.165) is 13.3 Å². The van der Waals surface area contributed by atoms with Crippen molar-refractivity contribution in [3.05, 3.63) is 82.9 Å². The zero-order valence-electron chi connectivity index (χ0n) is 33.5. The Morgan fingerprint density at radius 2 is 1.62 bits per heavy atom. The Kier molecular flexibility index (Phi) is 12.0. The fraction of sp³-hybridized carbons (Fsp3) is 0.558. The molecular weight excluding hydrogens is 754 g/mol. The maximum Gasteiger partial charge on any atom is 0.407 e. The van der Waals surface area contributed by atoms with Crippen LogP contribution in [0.15, 0.2) is 71.8 Å². The van der Waals surface area contributed by atoms with Crippen LogP contribution < -0.4 is 5.32 Å². The molecule has 2 bridgehead atoms. The number of nitrogens with one attached hydrogen (secondary N) is 1. The molecule has 3 aliphatic carbocycles. The molecule has 2 aromatic carbocycles. The summed E-state index contributed by atoms with van der Waals surface area (Å²) in [6, 6.07) is 14.7. The Labute approximate surface area is 336 Å². The van der Waals surface area contributed by atoms with Crippen molar-refractivity contribution in [1.29, 1.82) is 0 Å². The SMILES string of the molecule is CCCCOC(=O)N[C@@H](c1ccccc1)[C@@H](O)C(=O)O[C@H]1C[C@@]2(O)[C@@H](OC(=O)c3ccccc3)[C@@H]3[C@]4(OC(C)=O)CO[C@@H]4C[C@H](O)[C@@]3(C)C(=O)[C@H](O)C(=C1C)C2(C)C. The van der Waals surface area contributed by atoms with E-state index in [4.69, 9.17) is 23.7 Å². The lowest BCUT2D eigenvalue weighted by atomic mass is 9.44. The molecule has 0 spiro atoms. The largest absolute Gasteiger partial charge is 0.456 e. The molecule has 4 aliphatic rings. The van der Waals surface area contributed by atoms with Crippen molar-refractivity contribution in [2.75, 3.05) is 13.2 Å². The number of benzene rings is 2. The third-order valence-electron chi connectivity index (χ3n) is 12.9. The third kappa shape index (κ3) is 7.10. The highest BCUT2D eigenvalue weighted by atomic mass is 16.6.